The Balaban J connectivity index is 1.86. The minimum absolute atomic E-state index is 0.0163. The van der Waals surface area contributed by atoms with Crippen LogP contribution in [-0.2, 0) is 4.74 Å². The Hall–Kier alpha value is -2.24. The summed E-state index contributed by atoms with van der Waals surface area (Å²) in [6.07, 6.45) is 1.83. The van der Waals surface area contributed by atoms with Gasteiger partial charge < -0.3 is 21.1 Å². The van der Waals surface area contributed by atoms with Crippen LogP contribution in [0.2, 0.25) is 0 Å². The van der Waals surface area contributed by atoms with Crippen molar-refractivity contribution in [2.24, 2.45) is 16.6 Å². The number of aliphatic imine (C=N–C) groups is 1. The lowest BCUT2D eigenvalue weighted by atomic mass is 10.2. The highest BCUT2D eigenvalue weighted by molar-refractivity contribution is 5.92. The van der Waals surface area contributed by atoms with E-state index in [1.165, 1.54) is 5.56 Å². The highest BCUT2D eigenvalue weighted by Crippen LogP contribution is 2.32. The molecule has 0 heterocycles. The molecule has 1 amide bonds. The molecule has 120 valence electrons. The number of alkyl carbamates (subject to hydrolysis) is 1. The van der Waals surface area contributed by atoms with E-state index in [9.17, 15) is 4.79 Å². The first kappa shape index (κ1) is 16.1. The highest BCUT2D eigenvalue weighted by atomic mass is 16.5. The van der Waals surface area contributed by atoms with Gasteiger partial charge in [0.25, 0.3) is 0 Å². The molecule has 6 nitrogen and oxygen atoms in total. The van der Waals surface area contributed by atoms with Gasteiger partial charge in [-0.1, -0.05) is 17.7 Å². The number of ether oxygens (including phenoxy) is 1. The van der Waals surface area contributed by atoms with Crippen LogP contribution in [0.15, 0.2) is 29.3 Å². The molecular weight excluding hydrogens is 280 g/mol. The second kappa shape index (κ2) is 7.68. The maximum absolute atomic E-state index is 11.5. The van der Waals surface area contributed by atoms with Crippen LogP contribution in [0.5, 0.6) is 0 Å². The molecule has 0 radical (unpaired) electrons. The summed E-state index contributed by atoms with van der Waals surface area (Å²) >= 11 is 0. The van der Waals surface area contributed by atoms with E-state index in [-0.39, 0.29) is 12.1 Å². The van der Waals surface area contributed by atoms with Crippen molar-refractivity contribution < 1.29 is 9.53 Å². The molecule has 1 aliphatic carbocycles. The SMILES string of the molecule is CCOC(=O)NC(CN=C(N)Nc1ccc(C)cc1)C1CC1. The molecule has 1 unspecified atom stereocenters. The summed E-state index contributed by atoms with van der Waals surface area (Å²) in [6.45, 7) is 4.63. The number of nitrogens with one attached hydrogen (secondary N) is 2. The fourth-order valence-corrected chi connectivity index (χ4v) is 2.16. The first-order valence-corrected chi connectivity index (χ1v) is 7.65. The van der Waals surface area contributed by atoms with Gasteiger partial charge in [-0.05, 0) is 44.7 Å². The van der Waals surface area contributed by atoms with E-state index in [0.29, 0.717) is 25.0 Å². The van der Waals surface area contributed by atoms with Crippen molar-refractivity contribution in [3.63, 3.8) is 0 Å². The van der Waals surface area contributed by atoms with Crippen molar-refractivity contribution in [3.05, 3.63) is 29.8 Å². The molecule has 0 aliphatic heterocycles. The standard InChI is InChI=1S/C16H24N4O2/c1-3-22-16(21)20-14(12-6-7-12)10-18-15(17)19-13-8-4-11(2)5-9-13/h4-5,8-9,12,14H,3,6-7,10H2,1-2H3,(H,20,21)(H3,17,18,19). The zero-order valence-electron chi connectivity index (χ0n) is 13.1. The summed E-state index contributed by atoms with van der Waals surface area (Å²) in [5.74, 6) is 0.820. The Morgan fingerprint density at radius 1 is 1.41 bits per heavy atom. The van der Waals surface area contributed by atoms with Gasteiger partial charge in [-0.15, -0.1) is 0 Å². The maximum atomic E-state index is 11.5. The predicted molar refractivity (Wildman–Crippen MR) is 88.0 cm³/mol. The molecule has 0 aromatic heterocycles. The van der Waals surface area contributed by atoms with Gasteiger partial charge in [0.1, 0.15) is 0 Å². The van der Waals surface area contributed by atoms with Crippen LogP contribution in [0.3, 0.4) is 0 Å². The molecule has 0 spiro atoms. The number of aryl methyl sites for hydroxylation is 1. The van der Waals surface area contributed by atoms with Gasteiger partial charge in [-0.25, -0.2) is 4.79 Å². The van der Waals surface area contributed by atoms with Crippen LogP contribution in [0.4, 0.5) is 10.5 Å². The quantitative estimate of drug-likeness (QED) is 0.555. The second-order valence-corrected chi connectivity index (χ2v) is 5.53. The summed E-state index contributed by atoms with van der Waals surface area (Å²) in [6, 6.07) is 7.90. The Kier molecular flexibility index (Phi) is 5.63. The average molecular weight is 304 g/mol. The number of carbonyl (C=O) groups excluding carboxylic acids is 1. The molecule has 1 saturated carbocycles. The smallest absolute Gasteiger partial charge is 0.407 e. The lowest BCUT2D eigenvalue weighted by molar-refractivity contribution is 0.147. The van der Waals surface area contributed by atoms with Crippen molar-refractivity contribution >= 4 is 17.7 Å². The van der Waals surface area contributed by atoms with Crippen LogP contribution >= 0.6 is 0 Å². The number of rotatable bonds is 6. The number of carbonyl (C=O) groups is 1. The van der Waals surface area contributed by atoms with Crippen molar-refractivity contribution in [1.29, 1.82) is 0 Å². The predicted octanol–water partition coefficient (Wildman–Crippen LogP) is 2.25. The first-order chi connectivity index (χ1) is 10.6. The monoisotopic (exact) mass is 304 g/mol. The van der Waals surface area contributed by atoms with E-state index in [1.54, 1.807) is 6.92 Å². The van der Waals surface area contributed by atoms with Gasteiger partial charge in [0.2, 0.25) is 0 Å². The van der Waals surface area contributed by atoms with Crippen molar-refractivity contribution in [2.45, 2.75) is 32.7 Å². The molecule has 2 rings (SSSR count). The fourth-order valence-electron chi connectivity index (χ4n) is 2.16. The van der Waals surface area contributed by atoms with Gasteiger partial charge in [-0.3, -0.25) is 4.99 Å². The Labute approximate surface area is 131 Å². The van der Waals surface area contributed by atoms with Gasteiger partial charge in [0.05, 0.1) is 19.2 Å². The van der Waals surface area contributed by atoms with Crippen LogP contribution in [0.1, 0.15) is 25.3 Å². The molecule has 1 aromatic carbocycles. The third-order valence-corrected chi connectivity index (χ3v) is 3.55. The summed E-state index contributed by atoms with van der Waals surface area (Å²) in [4.78, 5) is 15.9. The van der Waals surface area contributed by atoms with Crippen molar-refractivity contribution in [1.82, 2.24) is 5.32 Å². The van der Waals surface area contributed by atoms with Gasteiger partial charge in [-0.2, -0.15) is 0 Å². The highest BCUT2D eigenvalue weighted by Gasteiger charge is 2.32. The molecule has 1 aromatic rings. The number of amides is 1. The molecule has 22 heavy (non-hydrogen) atoms. The number of anilines is 1. The Morgan fingerprint density at radius 3 is 2.68 bits per heavy atom. The van der Waals surface area contributed by atoms with Gasteiger partial charge in [0, 0.05) is 5.69 Å². The zero-order chi connectivity index (χ0) is 15.9. The van der Waals surface area contributed by atoms with Crippen molar-refractivity contribution in [3.8, 4) is 0 Å². The van der Waals surface area contributed by atoms with E-state index >= 15 is 0 Å². The van der Waals surface area contributed by atoms with E-state index in [1.807, 2.05) is 31.2 Å². The van der Waals surface area contributed by atoms with Gasteiger partial charge in [0.15, 0.2) is 5.96 Å². The van der Waals surface area contributed by atoms with Gasteiger partial charge >= 0.3 is 6.09 Å². The summed E-state index contributed by atoms with van der Waals surface area (Å²) < 4.78 is 4.92. The molecule has 1 atom stereocenters. The number of hydrogen-bond donors (Lipinski definition) is 3. The normalized spacial score (nSPS) is 16.0. The largest absolute Gasteiger partial charge is 0.450 e. The summed E-state index contributed by atoms with van der Waals surface area (Å²) in [5.41, 5.74) is 7.98. The molecule has 1 fully saturated rings. The first-order valence-electron chi connectivity index (χ1n) is 7.65. The van der Waals surface area contributed by atoms with Crippen LogP contribution in [0.25, 0.3) is 0 Å². The number of nitrogens with zero attached hydrogens (tertiary/aromatic N) is 1. The molecule has 0 saturated heterocycles. The van der Waals surface area contributed by atoms with E-state index in [0.717, 1.165) is 18.5 Å². The third-order valence-electron chi connectivity index (χ3n) is 3.55. The molecular formula is C16H24N4O2. The Morgan fingerprint density at radius 2 is 2.09 bits per heavy atom. The van der Waals surface area contributed by atoms with E-state index < -0.39 is 0 Å². The fraction of sp³-hybridized carbons (Fsp3) is 0.500. The lowest BCUT2D eigenvalue weighted by Crippen LogP contribution is -2.39. The summed E-state index contributed by atoms with van der Waals surface area (Å²) in [7, 11) is 0. The van der Waals surface area contributed by atoms with E-state index in [4.69, 9.17) is 10.5 Å². The topological polar surface area (TPSA) is 88.7 Å². The molecule has 1 aliphatic rings. The number of hydrogen-bond acceptors (Lipinski definition) is 3. The lowest BCUT2D eigenvalue weighted by Gasteiger charge is -2.16. The minimum atomic E-state index is -0.389. The number of nitrogens with two attached hydrogens (primary N) is 1. The number of benzene rings is 1. The maximum Gasteiger partial charge on any atom is 0.407 e. The van der Waals surface area contributed by atoms with E-state index in [2.05, 4.69) is 15.6 Å². The minimum Gasteiger partial charge on any atom is -0.450 e. The van der Waals surface area contributed by atoms with Crippen LogP contribution in [-0.4, -0.2) is 31.2 Å². The molecule has 6 heteroatoms. The zero-order valence-corrected chi connectivity index (χ0v) is 13.1. The third kappa shape index (κ3) is 5.27. The number of guanidine groups is 1. The second-order valence-electron chi connectivity index (χ2n) is 5.53. The Bertz CT molecular complexity index is 523. The molecule has 0 bridgehead atoms. The van der Waals surface area contributed by atoms with Crippen LogP contribution < -0.4 is 16.4 Å². The molecule has 4 N–H and O–H groups in total. The van der Waals surface area contributed by atoms with Crippen LogP contribution in [0, 0.1) is 12.8 Å². The average Bonchev–Trinajstić information content (AvgIpc) is 3.31. The van der Waals surface area contributed by atoms with Crippen molar-refractivity contribution in [2.75, 3.05) is 18.5 Å². The summed E-state index contributed by atoms with van der Waals surface area (Å²) in [5, 5.41) is 5.90.